The molecular formula is C23H26Cl2N4O2. The van der Waals surface area contributed by atoms with Crippen molar-refractivity contribution in [1.82, 2.24) is 14.8 Å². The highest BCUT2D eigenvalue weighted by molar-refractivity contribution is 6.36. The highest BCUT2D eigenvalue weighted by Crippen LogP contribution is 2.38. The van der Waals surface area contributed by atoms with Gasteiger partial charge in [-0.2, -0.15) is 0 Å². The number of anilines is 1. The van der Waals surface area contributed by atoms with Gasteiger partial charge in [0.2, 0.25) is 11.8 Å². The molecular weight excluding hydrogens is 435 g/mol. The van der Waals surface area contributed by atoms with E-state index in [1.807, 2.05) is 40.1 Å². The molecule has 8 heteroatoms. The Kier molecular flexibility index (Phi) is 6.39. The Bertz CT molecular complexity index is 953. The summed E-state index contributed by atoms with van der Waals surface area (Å²) in [6.07, 6.45) is 2.87. The number of amides is 2. The lowest BCUT2D eigenvalue weighted by atomic mass is 9.71. The van der Waals surface area contributed by atoms with Crippen LogP contribution in [0.25, 0.3) is 0 Å². The molecule has 0 N–H and O–H groups in total. The first kappa shape index (κ1) is 21.9. The van der Waals surface area contributed by atoms with E-state index >= 15 is 0 Å². The van der Waals surface area contributed by atoms with Gasteiger partial charge in [0.05, 0.1) is 15.5 Å². The van der Waals surface area contributed by atoms with Gasteiger partial charge in [-0.25, -0.2) is 4.98 Å². The number of hydrogen-bond acceptors (Lipinski definition) is 4. The topological polar surface area (TPSA) is 56.8 Å². The standard InChI is InChI=1S/C23H26Cl2N4O2/c1-17(30)27-9-7-23(8-10-27,18-5-3-2-4-6-18)22(31)29-13-11-28(12-14-29)21-20(25)15-19(24)16-26-21/h2-6,15-16H,7-14H2,1H3. The molecule has 6 nitrogen and oxygen atoms in total. The van der Waals surface area contributed by atoms with Gasteiger partial charge in [0.15, 0.2) is 0 Å². The molecule has 0 saturated carbocycles. The molecule has 2 saturated heterocycles. The lowest BCUT2D eigenvalue weighted by Crippen LogP contribution is -2.57. The minimum absolute atomic E-state index is 0.0649. The average Bonchev–Trinajstić information content (AvgIpc) is 2.79. The second kappa shape index (κ2) is 9.05. The fraction of sp³-hybridized carbons (Fsp3) is 0.435. The number of piperidine rings is 1. The van der Waals surface area contributed by atoms with Gasteiger partial charge < -0.3 is 14.7 Å². The third-order valence-corrected chi connectivity index (χ3v) is 6.94. The number of hydrogen-bond donors (Lipinski definition) is 0. The third-order valence-electron chi connectivity index (χ3n) is 6.45. The predicted octanol–water partition coefficient (Wildman–Crippen LogP) is 3.62. The molecule has 2 aliphatic rings. The number of likely N-dealkylation sites (tertiary alicyclic amines) is 1. The maximum absolute atomic E-state index is 13.9. The van der Waals surface area contributed by atoms with E-state index in [1.54, 1.807) is 19.2 Å². The average molecular weight is 461 g/mol. The number of carbonyl (C=O) groups is 2. The number of nitrogens with zero attached hydrogens (tertiary/aromatic N) is 4. The summed E-state index contributed by atoms with van der Waals surface area (Å²) in [6, 6.07) is 11.7. The van der Waals surface area contributed by atoms with Crippen molar-refractivity contribution in [2.24, 2.45) is 0 Å². The molecule has 2 amide bonds. The van der Waals surface area contributed by atoms with Gasteiger partial charge in [-0.15, -0.1) is 0 Å². The summed E-state index contributed by atoms with van der Waals surface area (Å²) < 4.78 is 0. The SMILES string of the molecule is CC(=O)N1CCC(C(=O)N2CCN(c3ncc(Cl)cc3Cl)CC2)(c2ccccc2)CC1. The van der Waals surface area contributed by atoms with Crippen molar-refractivity contribution in [3.63, 3.8) is 0 Å². The van der Waals surface area contributed by atoms with Gasteiger partial charge in [0.25, 0.3) is 0 Å². The molecule has 0 spiro atoms. The Labute approximate surface area is 192 Å². The van der Waals surface area contributed by atoms with E-state index in [4.69, 9.17) is 23.2 Å². The molecule has 0 atom stereocenters. The highest BCUT2D eigenvalue weighted by Gasteiger charge is 2.45. The van der Waals surface area contributed by atoms with Crippen LogP contribution in [0, 0.1) is 0 Å². The third kappa shape index (κ3) is 4.37. The molecule has 0 unspecified atom stereocenters. The molecule has 0 aliphatic carbocycles. The second-order valence-corrected chi connectivity index (χ2v) is 9.04. The first-order valence-corrected chi connectivity index (χ1v) is 11.3. The summed E-state index contributed by atoms with van der Waals surface area (Å²) in [5, 5.41) is 1.02. The van der Waals surface area contributed by atoms with Crippen LogP contribution in [-0.2, 0) is 15.0 Å². The van der Waals surface area contributed by atoms with E-state index < -0.39 is 5.41 Å². The van der Waals surface area contributed by atoms with Crippen molar-refractivity contribution in [1.29, 1.82) is 0 Å². The molecule has 31 heavy (non-hydrogen) atoms. The van der Waals surface area contributed by atoms with Crippen molar-refractivity contribution in [3.05, 3.63) is 58.2 Å². The van der Waals surface area contributed by atoms with Crippen LogP contribution >= 0.6 is 23.2 Å². The molecule has 1 aromatic heterocycles. The monoisotopic (exact) mass is 460 g/mol. The van der Waals surface area contributed by atoms with Gasteiger partial charge >= 0.3 is 0 Å². The minimum atomic E-state index is -0.592. The Balaban J connectivity index is 1.51. The summed E-state index contributed by atoms with van der Waals surface area (Å²) in [4.78, 5) is 35.9. The molecule has 3 heterocycles. The number of piperazine rings is 1. The Morgan fingerprint density at radius 1 is 0.935 bits per heavy atom. The summed E-state index contributed by atoms with van der Waals surface area (Å²) in [6.45, 7) is 5.30. The van der Waals surface area contributed by atoms with E-state index in [2.05, 4.69) is 9.88 Å². The maximum Gasteiger partial charge on any atom is 0.233 e. The van der Waals surface area contributed by atoms with Gasteiger partial charge in [0.1, 0.15) is 5.82 Å². The van der Waals surface area contributed by atoms with Crippen LogP contribution in [0.2, 0.25) is 10.0 Å². The normalized spacial score (nSPS) is 18.7. The number of rotatable bonds is 3. The highest BCUT2D eigenvalue weighted by atomic mass is 35.5. The Morgan fingerprint density at radius 3 is 2.16 bits per heavy atom. The smallest absolute Gasteiger partial charge is 0.233 e. The van der Waals surface area contributed by atoms with Crippen LogP contribution in [0.4, 0.5) is 5.82 Å². The van der Waals surface area contributed by atoms with Crippen molar-refractivity contribution < 1.29 is 9.59 Å². The molecule has 1 aromatic carbocycles. The Hall–Kier alpha value is -2.31. The van der Waals surface area contributed by atoms with Crippen molar-refractivity contribution >= 4 is 40.8 Å². The summed E-state index contributed by atoms with van der Waals surface area (Å²) in [7, 11) is 0. The molecule has 2 fully saturated rings. The van der Waals surface area contributed by atoms with Gasteiger partial charge in [-0.1, -0.05) is 53.5 Å². The predicted molar refractivity (Wildman–Crippen MR) is 123 cm³/mol. The van der Waals surface area contributed by atoms with Crippen LogP contribution in [0.5, 0.6) is 0 Å². The van der Waals surface area contributed by atoms with Crippen LogP contribution in [0.1, 0.15) is 25.3 Å². The number of carbonyl (C=O) groups excluding carboxylic acids is 2. The fourth-order valence-electron chi connectivity index (χ4n) is 4.65. The van der Waals surface area contributed by atoms with E-state index in [9.17, 15) is 9.59 Å². The van der Waals surface area contributed by atoms with Gasteiger partial charge in [-0.3, -0.25) is 9.59 Å². The zero-order chi connectivity index (χ0) is 22.0. The first-order valence-electron chi connectivity index (χ1n) is 10.6. The van der Waals surface area contributed by atoms with Crippen LogP contribution in [-0.4, -0.2) is 65.9 Å². The number of pyridine rings is 1. The zero-order valence-electron chi connectivity index (χ0n) is 17.6. The second-order valence-electron chi connectivity index (χ2n) is 8.19. The molecule has 164 valence electrons. The summed E-state index contributed by atoms with van der Waals surface area (Å²) in [5.74, 6) is 0.914. The molecule has 4 rings (SSSR count). The zero-order valence-corrected chi connectivity index (χ0v) is 19.1. The lowest BCUT2D eigenvalue weighted by Gasteiger charge is -2.45. The number of benzene rings is 1. The Morgan fingerprint density at radius 2 is 1.58 bits per heavy atom. The number of halogens is 2. The maximum atomic E-state index is 13.9. The largest absolute Gasteiger partial charge is 0.352 e. The fourth-order valence-corrected chi connectivity index (χ4v) is 5.15. The molecule has 2 aliphatic heterocycles. The van der Waals surface area contributed by atoms with Crippen LogP contribution in [0.3, 0.4) is 0 Å². The van der Waals surface area contributed by atoms with E-state index in [-0.39, 0.29) is 11.8 Å². The minimum Gasteiger partial charge on any atom is -0.352 e. The summed E-state index contributed by atoms with van der Waals surface area (Å²) >= 11 is 12.3. The van der Waals surface area contributed by atoms with Crippen molar-refractivity contribution in [2.75, 3.05) is 44.2 Å². The van der Waals surface area contributed by atoms with Crippen molar-refractivity contribution in [2.45, 2.75) is 25.2 Å². The van der Waals surface area contributed by atoms with Gasteiger partial charge in [-0.05, 0) is 24.5 Å². The van der Waals surface area contributed by atoms with Gasteiger partial charge in [0, 0.05) is 52.4 Å². The van der Waals surface area contributed by atoms with Crippen LogP contribution < -0.4 is 4.90 Å². The molecule has 0 bridgehead atoms. The van der Waals surface area contributed by atoms with Crippen molar-refractivity contribution in [3.8, 4) is 0 Å². The lowest BCUT2D eigenvalue weighted by molar-refractivity contribution is -0.142. The summed E-state index contributed by atoms with van der Waals surface area (Å²) in [5.41, 5.74) is 0.444. The first-order chi connectivity index (χ1) is 14.9. The molecule has 2 aromatic rings. The van der Waals surface area contributed by atoms with E-state index in [1.165, 1.54) is 0 Å². The quantitative estimate of drug-likeness (QED) is 0.701. The van der Waals surface area contributed by atoms with Crippen LogP contribution in [0.15, 0.2) is 42.6 Å². The number of aromatic nitrogens is 1. The molecule has 0 radical (unpaired) electrons. The van der Waals surface area contributed by atoms with E-state index in [0.29, 0.717) is 68.0 Å². The van der Waals surface area contributed by atoms with E-state index in [0.717, 1.165) is 5.56 Å².